The SMILES string of the molecule is CSc1nc(-c2cc(C)c(C)cc2O)c(C#N)c(=O)[nH]1. The molecule has 0 saturated carbocycles. The first-order chi connectivity index (χ1) is 9.47. The minimum absolute atomic E-state index is 0.00903. The van der Waals surface area contributed by atoms with E-state index in [9.17, 15) is 9.90 Å². The van der Waals surface area contributed by atoms with E-state index in [1.807, 2.05) is 19.9 Å². The minimum atomic E-state index is -0.500. The normalized spacial score (nSPS) is 10.3. The summed E-state index contributed by atoms with van der Waals surface area (Å²) in [5, 5.41) is 19.6. The molecule has 1 aromatic heterocycles. The Morgan fingerprint density at radius 1 is 1.35 bits per heavy atom. The number of aromatic amines is 1. The average molecular weight is 287 g/mol. The number of hydrogen-bond acceptors (Lipinski definition) is 5. The van der Waals surface area contributed by atoms with E-state index in [0.717, 1.165) is 11.1 Å². The molecule has 0 amide bonds. The van der Waals surface area contributed by atoms with Gasteiger partial charge < -0.3 is 10.1 Å². The van der Waals surface area contributed by atoms with Gasteiger partial charge in [-0.05, 0) is 43.4 Å². The van der Waals surface area contributed by atoms with Crippen molar-refractivity contribution in [3.8, 4) is 23.1 Å². The van der Waals surface area contributed by atoms with Crippen molar-refractivity contribution in [2.45, 2.75) is 19.0 Å². The average Bonchev–Trinajstić information content (AvgIpc) is 2.42. The topological polar surface area (TPSA) is 89.8 Å². The Balaban J connectivity index is 2.82. The number of nitrogens with one attached hydrogen (secondary N) is 1. The predicted octanol–water partition coefficient (Wildman–Crippen LogP) is 2.35. The summed E-state index contributed by atoms with van der Waals surface area (Å²) in [4.78, 5) is 18.6. The summed E-state index contributed by atoms with van der Waals surface area (Å²) in [6.07, 6.45) is 1.77. The molecule has 0 fully saturated rings. The van der Waals surface area contributed by atoms with Gasteiger partial charge in [-0.25, -0.2) is 4.98 Å². The third kappa shape index (κ3) is 2.40. The van der Waals surface area contributed by atoms with Crippen LogP contribution in [0.15, 0.2) is 22.1 Å². The number of aryl methyl sites for hydroxylation is 2. The molecule has 0 radical (unpaired) electrons. The number of aromatic hydroxyl groups is 1. The first kappa shape index (κ1) is 14.2. The van der Waals surface area contributed by atoms with Crippen molar-refractivity contribution >= 4 is 11.8 Å². The Hall–Kier alpha value is -2.26. The van der Waals surface area contributed by atoms with Gasteiger partial charge in [-0.2, -0.15) is 5.26 Å². The number of hydrogen-bond donors (Lipinski definition) is 2. The Bertz CT molecular complexity index is 775. The molecule has 0 aliphatic heterocycles. The number of nitrogens with zero attached hydrogens (tertiary/aromatic N) is 2. The van der Waals surface area contributed by atoms with Crippen LogP contribution in [0.25, 0.3) is 11.3 Å². The van der Waals surface area contributed by atoms with Gasteiger partial charge in [-0.15, -0.1) is 0 Å². The lowest BCUT2D eigenvalue weighted by atomic mass is 10.0. The standard InChI is InChI=1S/C14H13N3O2S/c1-7-4-9(11(18)5-8(7)2)12-10(6-15)13(19)17-14(16-12)20-3/h4-5,18H,1-3H3,(H,16,17,19). The molecule has 2 N–H and O–H groups in total. The molecule has 0 aliphatic carbocycles. The highest BCUT2D eigenvalue weighted by Gasteiger charge is 2.17. The largest absolute Gasteiger partial charge is 0.507 e. The molecule has 0 aliphatic rings. The Labute approximate surface area is 120 Å². The van der Waals surface area contributed by atoms with Gasteiger partial charge in [0.1, 0.15) is 23.1 Å². The van der Waals surface area contributed by atoms with Crippen molar-refractivity contribution in [1.82, 2.24) is 9.97 Å². The van der Waals surface area contributed by atoms with Gasteiger partial charge in [-0.3, -0.25) is 4.79 Å². The Morgan fingerprint density at radius 2 is 2.00 bits per heavy atom. The van der Waals surface area contributed by atoms with Crippen LogP contribution in [0.2, 0.25) is 0 Å². The summed E-state index contributed by atoms with van der Waals surface area (Å²) in [5.41, 5.74) is 1.89. The zero-order chi connectivity index (χ0) is 14.9. The van der Waals surface area contributed by atoms with Crippen LogP contribution in [0.4, 0.5) is 0 Å². The molecule has 1 heterocycles. The van der Waals surface area contributed by atoms with Gasteiger partial charge in [0.25, 0.3) is 5.56 Å². The number of benzene rings is 1. The maximum Gasteiger partial charge on any atom is 0.270 e. The van der Waals surface area contributed by atoms with E-state index < -0.39 is 5.56 Å². The third-order valence-electron chi connectivity index (χ3n) is 3.07. The fourth-order valence-corrected chi connectivity index (χ4v) is 2.22. The number of nitriles is 1. The molecule has 1 aromatic carbocycles. The van der Waals surface area contributed by atoms with Crippen LogP contribution in [0.5, 0.6) is 5.75 Å². The molecular formula is C14H13N3O2S. The van der Waals surface area contributed by atoms with Crippen LogP contribution in [0.3, 0.4) is 0 Å². The van der Waals surface area contributed by atoms with Crippen LogP contribution in [0.1, 0.15) is 16.7 Å². The fourth-order valence-electron chi connectivity index (χ4n) is 1.84. The first-order valence-electron chi connectivity index (χ1n) is 5.87. The monoisotopic (exact) mass is 287 g/mol. The van der Waals surface area contributed by atoms with E-state index in [1.165, 1.54) is 11.8 Å². The van der Waals surface area contributed by atoms with Gasteiger partial charge in [0.15, 0.2) is 5.16 Å². The van der Waals surface area contributed by atoms with Gasteiger partial charge in [0.2, 0.25) is 0 Å². The summed E-state index contributed by atoms with van der Waals surface area (Å²) in [6.45, 7) is 3.77. The highest BCUT2D eigenvalue weighted by molar-refractivity contribution is 7.98. The number of H-pyrrole nitrogens is 1. The summed E-state index contributed by atoms with van der Waals surface area (Å²) >= 11 is 1.27. The summed E-state index contributed by atoms with van der Waals surface area (Å²) in [6, 6.07) is 5.19. The Morgan fingerprint density at radius 3 is 2.60 bits per heavy atom. The predicted molar refractivity (Wildman–Crippen MR) is 77.9 cm³/mol. The van der Waals surface area contributed by atoms with Crippen molar-refractivity contribution < 1.29 is 5.11 Å². The van der Waals surface area contributed by atoms with Crippen LogP contribution in [0, 0.1) is 25.2 Å². The van der Waals surface area contributed by atoms with E-state index in [-0.39, 0.29) is 17.0 Å². The maximum absolute atomic E-state index is 11.9. The second-order valence-corrected chi connectivity index (χ2v) is 5.16. The summed E-state index contributed by atoms with van der Waals surface area (Å²) in [7, 11) is 0. The fraction of sp³-hybridized carbons (Fsp3) is 0.214. The lowest BCUT2D eigenvalue weighted by molar-refractivity contribution is 0.476. The minimum Gasteiger partial charge on any atom is -0.507 e. The van der Waals surface area contributed by atoms with Crippen LogP contribution < -0.4 is 5.56 Å². The molecule has 0 bridgehead atoms. The lowest BCUT2D eigenvalue weighted by Crippen LogP contribution is -2.14. The number of aromatic nitrogens is 2. The molecule has 102 valence electrons. The highest BCUT2D eigenvalue weighted by atomic mass is 32.2. The molecule has 0 atom stereocenters. The van der Waals surface area contributed by atoms with Gasteiger partial charge in [-0.1, -0.05) is 11.8 Å². The van der Waals surface area contributed by atoms with E-state index in [4.69, 9.17) is 5.26 Å². The number of phenols is 1. The van der Waals surface area contributed by atoms with Crippen molar-refractivity contribution in [3.63, 3.8) is 0 Å². The zero-order valence-corrected chi connectivity index (χ0v) is 12.1. The third-order valence-corrected chi connectivity index (χ3v) is 3.65. The quantitative estimate of drug-likeness (QED) is 0.653. The molecule has 0 unspecified atom stereocenters. The van der Waals surface area contributed by atoms with Crippen molar-refractivity contribution in [2.75, 3.05) is 6.26 Å². The second-order valence-electron chi connectivity index (χ2n) is 4.36. The Kier molecular flexibility index (Phi) is 3.81. The van der Waals surface area contributed by atoms with Gasteiger partial charge in [0, 0.05) is 5.56 Å². The molecule has 5 nitrogen and oxygen atoms in total. The number of thioether (sulfide) groups is 1. The number of rotatable bonds is 2. The molecule has 2 rings (SSSR count). The summed E-state index contributed by atoms with van der Waals surface area (Å²) in [5.74, 6) is 0.00903. The van der Waals surface area contributed by atoms with Crippen molar-refractivity contribution in [2.24, 2.45) is 0 Å². The van der Waals surface area contributed by atoms with Crippen LogP contribution in [-0.4, -0.2) is 21.3 Å². The van der Waals surface area contributed by atoms with E-state index in [2.05, 4.69) is 9.97 Å². The smallest absolute Gasteiger partial charge is 0.270 e. The summed E-state index contributed by atoms with van der Waals surface area (Å²) < 4.78 is 0. The molecular weight excluding hydrogens is 274 g/mol. The van der Waals surface area contributed by atoms with E-state index >= 15 is 0 Å². The molecule has 2 aromatic rings. The van der Waals surface area contributed by atoms with Crippen LogP contribution in [-0.2, 0) is 0 Å². The maximum atomic E-state index is 11.9. The van der Waals surface area contributed by atoms with Gasteiger partial charge >= 0.3 is 0 Å². The molecule has 0 saturated heterocycles. The second kappa shape index (κ2) is 5.39. The molecule has 6 heteroatoms. The first-order valence-corrected chi connectivity index (χ1v) is 7.09. The van der Waals surface area contributed by atoms with Crippen molar-refractivity contribution in [3.05, 3.63) is 39.2 Å². The highest BCUT2D eigenvalue weighted by Crippen LogP contribution is 2.32. The van der Waals surface area contributed by atoms with Gasteiger partial charge in [0.05, 0.1) is 0 Å². The van der Waals surface area contributed by atoms with E-state index in [1.54, 1.807) is 18.4 Å². The lowest BCUT2D eigenvalue weighted by Gasteiger charge is -2.10. The van der Waals surface area contributed by atoms with E-state index in [0.29, 0.717) is 10.7 Å². The number of phenolic OH excluding ortho intramolecular Hbond substituents is 1. The van der Waals surface area contributed by atoms with Crippen LogP contribution >= 0.6 is 11.8 Å². The molecule has 0 spiro atoms. The van der Waals surface area contributed by atoms with Crippen molar-refractivity contribution in [1.29, 1.82) is 5.26 Å². The molecule has 20 heavy (non-hydrogen) atoms. The zero-order valence-electron chi connectivity index (χ0n) is 11.3.